The van der Waals surface area contributed by atoms with Crippen LogP contribution in [0, 0.1) is 0 Å². The lowest BCUT2D eigenvalue weighted by Crippen LogP contribution is -2.29. The van der Waals surface area contributed by atoms with E-state index in [-0.39, 0.29) is 5.91 Å². The first-order valence-electron chi connectivity index (χ1n) is 7.66. The highest BCUT2D eigenvalue weighted by atomic mass is 16.5. The molecule has 0 saturated heterocycles. The van der Waals surface area contributed by atoms with Gasteiger partial charge in [-0.3, -0.25) is 9.20 Å². The van der Waals surface area contributed by atoms with Gasteiger partial charge in [0.15, 0.2) is 5.65 Å². The fraction of sp³-hybridized carbons (Fsp3) is 0.235. The van der Waals surface area contributed by atoms with Crippen molar-refractivity contribution in [3.05, 3.63) is 59.5 Å². The molecule has 1 aromatic carbocycles. The first-order chi connectivity index (χ1) is 11.7. The second-order valence-electron chi connectivity index (χ2n) is 5.33. The van der Waals surface area contributed by atoms with Crippen molar-refractivity contribution in [2.24, 2.45) is 5.73 Å². The summed E-state index contributed by atoms with van der Waals surface area (Å²) in [5, 5.41) is 11.1. The predicted octanol–water partition coefficient (Wildman–Crippen LogP) is 1.02. The van der Waals surface area contributed by atoms with Gasteiger partial charge in [-0.15, -0.1) is 10.2 Å². The number of amides is 1. The number of carbonyl (C=O) groups is 1. The van der Waals surface area contributed by atoms with Gasteiger partial charge in [-0.2, -0.15) is 0 Å². The molecule has 0 saturated carbocycles. The van der Waals surface area contributed by atoms with Crippen molar-refractivity contribution in [1.82, 2.24) is 19.9 Å². The van der Waals surface area contributed by atoms with E-state index in [4.69, 9.17) is 10.5 Å². The molecule has 24 heavy (non-hydrogen) atoms. The quantitative estimate of drug-likeness (QED) is 0.705. The Morgan fingerprint density at radius 3 is 2.71 bits per heavy atom. The topological polar surface area (TPSA) is 94.5 Å². The molecule has 3 aromatic rings. The summed E-state index contributed by atoms with van der Waals surface area (Å²) < 4.78 is 7.00. The van der Waals surface area contributed by atoms with E-state index < -0.39 is 0 Å². The highest BCUT2D eigenvalue weighted by molar-refractivity contribution is 5.94. The van der Waals surface area contributed by atoms with Crippen LogP contribution < -0.4 is 15.8 Å². The van der Waals surface area contributed by atoms with Crippen LogP contribution in [0.1, 0.15) is 21.7 Å². The van der Waals surface area contributed by atoms with Crippen molar-refractivity contribution in [3.63, 3.8) is 0 Å². The number of benzene rings is 1. The minimum Gasteiger partial charge on any atom is -0.497 e. The predicted molar refractivity (Wildman–Crippen MR) is 90.2 cm³/mol. The van der Waals surface area contributed by atoms with Crippen LogP contribution in [0.2, 0.25) is 0 Å². The van der Waals surface area contributed by atoms with Crippen LogP contribution in [0.15, 0.2) is 42.6 Å². The van der Waals surface area contributed by atoms with Gasteiger partial charge in [0.2, 0.25) is 0 Å². The van der Waals surface area contributed by atoms with Gasteiger partial charge in [0.1, 0.15) is 11.6 Å². The Bertz CT molecular complexity index is 842. The average Bonchev–Trinajstić information content (AvgIpc) is 3.02. The third-order valence-electron chi connectivity index (χ3n) is 3.69. The van der Waals surface area contributed by atoms with Crippen LogP contribution in [0.5, 0.6) is 5.75 Å². The van der Waals surface area contributed by atoms with Gasteiger partial charge in [-0.05, 0) is 29.8 Å². The monoisotopic (exact) mass is 325 g/mol. The molecule has 7 heteroatoms. The van der Waals surface area contributed by atoms with Gasteiger partial charge in [0, 0.05) is 25.7 Å². The molecule has 0 unspecified atom stereocenters. The maximum Gasteiger partial charge on any atom is 0.252 e. The van der Waals surface area contributed by atoms with E-state index in [2.05, 4.69) is 15.5 Å². The number of hydrogen-bond acceptors (Lipinski definition) is 5. The second-order valence-corrected chi connectivity index (χ2v) is 5.33. The number of hydrogen-bond donors (Lipinski definition) is 2. The molecule has 2 heterocycles. The number of nitrogens with one attached hydrogen (secondary N) is 1. The number of carbonyl (C=O) groups excluding carboxylic acids is 1. The molecule has 0 aliphatic rings. The Morgan fingerprint density at radius 1 is 1.21 bits per heavy atom. The Hall–Kier alpha value is -2.93. The molecule has 7 nitrogen and oxygen atoms in total. The molecular weight excluding hydrogens is 306 g/mol. The number of nitrogens with two attached hydrogens (primary N) is 1. The van der Waals surface area contributed by atoms with Gasteiger partial charge in [-0.25, -0.2) is 0 Å². The third-order valence-corrected chi connectivity index (χ3v) is 3.69. The maximum atomic E-state index is 12.1. The number of methoxy groups -OCH3 is 1. The molecule has 0 radical (unpaired) electrons. The minimum atomic E-state index is -0.161. The molecule has 124 valence electrons. The van der Waals surface area contributed by atoms with Gasteiger partial charge in [0.05, 0.1) is 12.7 Å². The van der Waals surface area contributed by atoms with Crippen LogP contribution in [0.4, 0.5) is 0 Å². The van der Waals surface area contributed by atoms with E-state index in [1.807, 2.05) is 28.7 Å². The van der Waals surface area contributed by atoms with Crippen LogP contribution >= 0.6 is 0 Å². The fourth-order valence-corrected chi connectivity index (χ4v) is 2.41. The summed E-state index contributed by atoms with van der Waals surface area (Å²) in [6.45, 7) is 0.848. The van der Waals surface area contributed by atoms with Crippen LogP contribution in [-0.2, 0) is 6.42 Å². The van der Waals surface area contributed by atoms with Crippen molar-refractivity contribution in [2.75, 3.05) is 20.2 Å². The molecule has 0 fully saturated rings. The Labute approximate surface area is 139 Å². The van der Waals surface area contributed by atoms with Crippen LogP contribution in [0.25, 0.3) is 5.65 Å². The standard InChI is InChI=1S/C17H19N5O2/c1-24-14-5-2-12(3-6-14)10-16-21-20-15-7-4-13(11-22(15)16)17(23)19-9-8-18/h2-7,11H,8-10,18H2,1H3,(H,19,23). The lowest BCUT2D eigenvalue weighted by atomic mass is 10.1. The summed E-state index contributed by atoms with van der Waals surface area (Å²) in [5.74, 6) is 1.42. The van der Waals surface area contributed by atoms with E-state index in [9.17, 15) is 4.79 Å². The van der Waals surface area contributed by atoms with Crippen molar-refractivity contribution in [1.29, 1.82) is 0 Å². The zero-order valence-corrected chi connectivity index (χ0v) is 13.4. The SMILES string of the molecule is COc1ccc(Cc2nnc3ccc(C(=O)NCCN)cn23)cc1. The van der Waals surface area contributed by atoms with Crippen molar-refractivity contribution in [3.8, 4) is 5.75 Å². The Kier molecular flexibility index (Phi) is 4.72. The molecule has 0 bridgehead atoms. The molecule has 3 rings (SSSR count). The number of aromatic nitrogens is 3. The molecule has 0 aliphatic carbocycles. The fourth-order valence-electron chi connectivity index (χ4n) is 2.41. The summed E-state index contributed by atoms with van der Waals surface area (Å²) in [7, 11) is 1.64. The largest absolute Gasteiger partial charge is 0.497 e. The van der Waals surface area contributed by atoms with Gasteiger partial charge < -0.3 is 15.8 Å². The molecular formula is C17H19N5O2. The van der Waals surface area contributed by atoms with E-state index >= 15 is 0 Å². The number of fused-ring (bicyclic) bond motifs is 1. The molecule has 0 aliphatic heterocycles. The zero-order chi connectivity index (χ0) is 16.9. The lowest BCUT2D eigenvalue weighted by Gasteiger charge is -2.06. The number of nitrogens with zero attached hydrogens (tertiary/aromatic N) is 3. The lowest BCUT2D eigenvalue weighted by molar-refractivity contribution is 0.0954. The molecule has 1 amide bonds. The van der Waals surface area contributed by atoms with Gasteiger partial charge in [-0.1, -0.05) is 12.1 Å². The molecule has 2 aromatic heterocycles. The molecule has 3 N–H and O–H groups in total. The summed E-state index contributed by atoms with van der Waals surface area (Å²) in [4.78, 5) is 12.1. The first kappa shape index (κ1) is 15.9. The number of pyridine rings is 1. The smallest absolute Gasteiger partial charge is 0.252 e. The summed E-state index contributed by atoms with van der Waals surface area (Å²) in [6.07, 6.45) is 2.36. The van der Waals surface area contributed by atoms with E-state index in [1.54, 1.807) is 25.4 Å². The third kappa shape index (κ3) is 3.36. The van der Waals surface area contributed by atoms with Crippen LogP contribution in [-0.4, -0.2) is 40.7 Å². The maximum absolute atomic E-state index is 12.1. The molecule has 0 atom stereocenters. The number of rotatable bonds is 6. The van der Waals surface area contributed by atoms with Crippen LogP contribution in [0.3, 0.4) is 0 Å². The van der Waals surface area contributed by atoms with Crippen molar-refractivity contribution >= 4 is 11.6 Å². The Balaban J connectivity index is 1.86. The summed E-state index contributed by atoms with van der Waals surface area (Å²) in [5.41, 5.74) is 7.75. The number of ether oxygens (including phenoxy) is 1. The summed E-state index contributed by atoms with van der Waals surface area (Å²) >= 11 is 0. The van der Waals surface area contributed by atoms with Crippen molar-refractivity contribution in [2.45, 2.75) is 6.42 Å². The second kappa shape index (κ2) is 7.10. The minimum absolute atomic E-state index is 0.161. The summed E-state index contributed by atoms with van der Waals surface area (Å²) in [6, 6.07) is 11.3. The highest BCUT2D eigenvalue weighted by Gasteiger charge is 2.10. The van der Waals surface area contributed by atoms with E-state index in [0.29, 0.717) is 30.7 Å². The zero-order valence-electron chi connectivity index (χ0n) is 13.4. The van der Waals surface area contributed by atoms with E-state index in [0.717, 1.165) is 17.1 Å². The first-order valence-corrected chi connectivity index (χ1v) is 7.66. The molecule has 0 spiro atoms. The highest BCUT2D eigenvalue weighted by Crippen LogP contribution is 2.15. The van der Waals surface area contributed by atoms with Gasteiger partial charge >= 0.3 is 0 Å². The van der Waals surface area contributed by atoms with Gasteiger partial charge in [0.25, 0.3) is 5.91 Å². The Morgan fingerprint density at radius 2 is 2.00 bits per heavy atom. The van der Waals surface area contributed by atoms with E-state index in [1.165, 1.54) is 0 Å². The van der Waals surface area contributed by atoms with Crippen molar-refractivity contribution < 1.29 is 9.53 Å². The average molecular weight is 325 g/mol. The normalized spacial score (nSPS) is 10.8.